The molecule has 0 aliphatic carbocycles. The highest BCUT2D eigenvalue weighted by atomic mass is 16.1. The summed E-state index contributed by atoms with van der Waals surface area (Å²) in [4.78, 5) is 9.32. The van der Waals surface area contributed by atoms with Gasteiger partial charge in [0.2, 0.25) is 0 Å². The molecule has 2 nitrogen and oxygen atoms in total. The van der Waals surface area contributed by atoms with Gasteiger partial charge in [0.1, 0.15) is 6.29 Å². The molecule has 2 N–H and O–H groups in total. The third kappa shape index (κ3) is 13.8. The number of nitrogens with two attached hydrogens (primary N) is 1. The molecule has 0 rings (SSSR count). The molecule has 0 fully saturated rings. The van der Waals surface area contributed by atoms with Crippen LogP contribution in [0.1, 0.15) is 19.8 Å². The van der Waals surface area contributed by atoms with Gasteiger partial charge in [0.05, 0.1) is 0 Å². The minimum Gasteiger partial charge on any atom is -0.330 e. The third-order valence-electron chi connectivity index (χ3n) is 1.29. The van der Waals surface area contributed by atoms with Crippen molar-refractivity contribution in [2.45, 2.75) is 19.8 Å². The van der Waals surface area contributed by atoms with Crippen LogP contribution in [0.2, 0.25) is 0 Å². The van der Waals surface area contributed by atoms with E-state index in [1.54, 1.807) is 6.08 Å². The van der Waals surface area contributed by atoms with E-state index in [-0.39, 0.29) is 0 Å². The Morgan fingerprint density at radius 3 is 2.15 bits per heavy atom. The number of hydrogen-bond donors (Lipinski definition) is 1. The fraction of sp³-hybridized carbons (Fsp3) is 0.364. The van der Waals surface area contributed by atoms with Crippen LogP contribution < -0.4 is 5.73 Å². The summed E-state index contributed by atoms with van der Waals surface area (Å²) in [6.07, 6.45) is 7.92. The van der Waals surface area contributed by atoms with Gasteiger partial charge in [-0.25, -0.2) is 0 Å². The van der Waals surface area contributed by atoms with Gasteiger partial charge in [-0.2, -0.15) is 0 Å². The molecule has 0 unspecified atom stereocenters. The molecule has 0 aliphatic rings. The zero-order valence-electron chi connectivity index (χ0n) is 8.33. The van der Waals surface area contributed by atoms with E-state index in [0.29, 0.717) is 13.0 Å². The maximum atomic E-state index is 9.32. The third-order valence-corrected chi connectivity index (χ3v) is 1.29. The molecule has 0 amide bonds. The predicted octanol–water partition coefficient (Wildman–Crippen LogP) is 2.23. The molecular weight excluding hydrogens is 162 g/mol. The van der Waals surface area contributed by atoms with Gasteiger partial charge in [0.15, 0.2) is 0 Å². The van der Waals surface area contributed by atoms with Crippen LogP contribution in [0.15, 0.2) is 37.0 Å². The number of carbonyl (C=O) groups excluding carboxylic acids is 1. The van der Waals surface area contributed by atoms with Crippen molar-refractivity contribution in [1.29, 1.82) is 0 Å². The first kappa shape index (κ1) is 14.4. The largest absolute Gasteiger partial charge is 0.330 e. The van der Waals surface area contributed by atoms with Gasteiger partial charge in [-0.15, -0.1) is 0 Å². The van der Waals surface area contributed by atoms with Crippen molar-refractivity contribution in [3.63, 3.8) is 0 Å². The molecule has 0 radical (unpaired) electrons. The van der Waals surface area contributed by atoms with Gasteiger partial charge in [-0.1, -0.05) is 38.3 Å². The Morgan fingerprint density at radius 1 is 1.46 bits per heavy atom. The maximum absolute atomic E-state index is 9.32. The molecule has 0 atom stereocenters. The van der Waals surface area contributed by atoms with E-state index in [0.717, 1.165) is 12.7 Å². The summed E-state index contributed by atoms with van der Waals surface area (Å²) < 4.78 is 0. The van der Waals surface area contributed by atoms with E-state index in [9.17, 15) is 4.79 Å². The lowest BCUT2D eigenvalue weighted by molar-refractivity contribution is -0.107. The zero-order chi connectivity index (χ0) is 10.5. The lowest BCUT2D eigenvalue weighted by Crippen LogP contribution is -1.97. The van der Waals surface area contributed by atoms with Crippen LogP contribution in [0, 0.1) is 0 Å². The molecule has 0 heterocycles. The summed E-state index contributed by atoms with van der Waals surface area (Å²) in [5.74, 6) is 0. The van der Waals surface area contributed by atoms with E-state index >= 15 is 0 Å². The smallest absolute Gasteiger partial charge is 0.121 e. The van der Waals surface area contributed by atoms with Crippen LogP contribution in [0.5, 0.6) is 0 Å². The van der Waals surface area contributed by atoms with E-state index in [2.05, 4.69) is 20.1 Å². The number of carbonyl (C=O) groups is 1. The van der Waals surface area contributed by atoms with E-state index in [4.69, 9.17) is 5.73 Å². The Bertz CT molecular complexity index is 171. The number of rotatable bonds is 5. The van der Waals surface area contributed by atoms with Gasteiger partial charge < -0.3 is 10.5 Å². The van der Waals surface area contributed by atoms with Gasteiger partial charge in [0, 0.05) is 6.42 Å². The van der Waals surface area contributed by atoms with Gasteiger partial charge in [-0.3, -0.25) is 0 Å². The molecule has 0 saturated carbocycles. The summed E-state index contributed by atoms with van der Waals surface area (Å²) in [7, 11) is 0. The Hall–Kier alpha value is -1.15. The molecule has 0 bridgehead atoms. The fourth-order valence-electron chi connectivity index (χ4n) is 0.550. The lowest BCUT2D eigenvalue weighted by Gasteiger charge is -1.89. The number of aldehydes is 1. The first-order valence-corrected chi connectivity index (χ1v) is 4.34. The first-order chi connectivity index (χ1) is 6.26. The van der Waals surface area contributed by atoms with Crippen molar-refractivity contribution in [3.8, 4) is 0 Å². The summed E-state index contributed by atoms with van der Waals surface area (Å²) in [5.41, 5.74) is 6.14. The van der Waals surface area contributed by atoms with Crippen LogP contribution in [0.3, 0.4) is 0 Å². The standard InChI is InChI=1S/C8H12.C3H7NO/c1-4-7-8(5-2)6-3;4-2-1-3-5/h4-5,7H,1-2,6H2,3H3;3H,1-2,4H2/b8-7+;. The summed E-state index contributed by atoms with van der Waals surface area (Å²) >= 11 is 0. The van der Waals surface area contributed by atoms with Crippen LogP contribution in [-0.4, -0.2) is 12.8 Å². The van der Waals surface area contributed by atoms with Crippen LogP contribution in [0.4, 0.5) is 0 Å². The SMILES string of the molecule is C=C/C=C(\C=C)CC.NCCC=O. The lowest BCUT2D eigenvalue weighted by atomic mass is 10.2. The molecule has 0 saturated heterocycles. The average molecular weight is 181 g/mol. The summed E-state index contributed by atoms with van der Waals surface area (Å²) in [6.45, 7) is 9.78. The minimum absolute atomic E-state index is 0.476. The van der Waals surface area contributed by atoms with E-state index in [1.807, 2.05) is 12.2 Å². The normalized spacial score (nSPS) is 9.54. The summed E-state index contributed by atoms with van der Waals surface area (Å²) in [5, 5.41) is 0. The van der Waals surface area contributed by atoms with Crippen molar-refractivity contribution in [2.75, 3.05) is 6.54 Å². The molecule has 0 aromatic heterocycles. The second-order valence-electron chi connectivity index (χ2n) is 2.28. The topological polar surface area (TPSA) is 43.1 Å². The molecule has 74 valence electrons. The molecule has 0 aromatic carbocycles. The molecule has 0 aliphatic heterocycles. The number of hydrogen-bond acceptors (Lipinski definition) is 2. The van der Waals surface area contributed by atoms with E-state index < -0.39 is 0 Å². The second kappa shape index (κ2) is 13.4. The molecule has 13 heavy (non-hydrogen) atoms. The maximum Gasteiger partial charge on any atom is 0.121 e. The molecule has 0 aromatic rings. The zero-order valence-corrected chi connectivity index (χ0v) is 8.33. The van der Waals surface area contributed by atoms with Gasteiger partial charge in [-0.05, 0) is 18.5 Å². The Kier molecular flexibility index (Phi) is 14.9. The minimum atomic E-state index is 0.476. The van der Waals surface area contributed by atoms with Crippen LogP contribution in [-0.2, 0) is 4.79 Å². The van der Waals surface area contributed by atoms with Crippen molar-refractivity contribution >= 4 is 6.29 Å². The molecule has 2 heteroatoms. The highest BCUT2D eigenvalue weighted by molar-refractivity contribution is 5.49. The predicted molar refractivity (Wildman–Crippen MR) is 58.5 cm³/mol. The van der Waals surface area contributed by atoms with Gasteiger partial charge in [0.25, 0.3) is 0 Å². The molecule has 0 spiro atoms. The van der Waals surface area contributed by atoms with Crippen molar-refractivity contribution in [2.24, 2.45) is 5.73 Å². The van der Waals surface area contributed by atoms with Crippen molar-refractivity contribution < 1.29 is 4.79 Å². The van der Waals surface area contributed by atoms with Crippen LogP contribution in [0.25, 0.3) is 0 Å². The van der Waals surface area contributed by atoms with Crippen molar-refractivity contribution in [1.82, 2.24) is 0 Å². The Labute approximate surface area is 80.8 Å². The fourth-order valence-corrected chi connectivity index (χ4v) is 0.550. The van der Waals surface area contributed by atoms with E-state index in [1.165, 1.54) is 5.57 Å². The summed E-state index contributed by atoms with van der Waals surface area (Å²) in [6, 6.07) is 0. The first-order valence-electron chi connectivity index (χ1n) is 4.34. The quantitative estimate of drug-likeness (QED) is 0.522. The second-order valence-corrected chi connectivity index (χ2v) is 2.28. The van der Waals surface area contributed by atoms with Crippen LogP contribution >= 0.6 is 0 Å². The number of allylic oxidation sites excluding steroid dienone is 4. The average Bonchev–Trinajstić information content (AvgIpc) is 2.16. The van der Waals surface area contributed by atoms with Gasteiger partial charge >= 0.3 is 0 Å². The molecular formula is C11H19NO. The van der Waals surface area contributed by atoms with Crippen molar-refractivity contribution in [3.05, 3.63) is 37.0 Å². The monoisotopic (exact) mass is 181 g/mol. The highest BCUT2D eigenvalue weighted by Gasteiger charge is 1.79. The Morgan fingerprint density at radius 2 is 2.08 bits per heavy atom. The highest BCUT2D eigenvalue weighted by Crippen LogP contribution is 1.99. The Balaban J connectivity index is 0.